The number of amides is 1. The minimum absolute atomic E-state index is 0.190. The van der Waals surface area contributed by atoms with Crippen LogP contribution in [0.5, 0.6) is 17.2 Å². The molecule has 0 radical (unpaired) electrons. The van der Waals surface area contributed by atoms with Gasteiger partial charge < -0.3 is 14.2 Å². The van der Waals surface area contributed by atoms with E-state index in [4.69, 9.17) is 14.2 Å². The van der Waals surface area contributed by atoms with Crippen molar-refractivity contribution in [2.24, 2.45) is 4.99 Å². The van der Waals surface area contributed by atoms with Crippen molar-refractivity contribution in [3.8, 4) is 17.2 Å². The van der Waals surface area contributed by atoms with E-state index in [1.165, 1.54) is 0 Å². The number of ether oxygens (including phenoxy) is 3. The number of carbonyl (C=O) groups excluding carboxylic acids is 1. The van der Waals surface area contributed by atoms with Crippen LogP contribution in [0.3, 0.4) is 0 Å². The molecule has 0 N–H and O–H groups in total. The molecule has 6 heteroatoms. The summed E-state index contributed by atoms with van der Waals surface area (Å²) in [4.78, 5) is 19.6. The van der Waals surface area contributed by atoms with E-state index in [2.05, 4.69) is 4.99 Å². The van der Waals surface area contributed by atoms with Crippen LogP contribution in [0.25, 0.3) is 6.08 Å². The highest BCUT2D eigenvalue weighted by Gasteiger charge is 2.32. The standard InChI is InChI=1S/C24H18N2O4/c1-28-19-10-8-17(9-11-19)23-25-20(24(27)26(23)18-5-3-2-4-6-18)13-16-7-12-21-22(14-16)30-15-29-21/h2-14H,15H2,1H3/b20-13+. The number of benzene rings is 3. The molecule has 3 aromatic rings. The molecule has 5 rings (SSSR count). The molecule has 0 saturated heterocycles. The number of para-hydroxylation sites is 1. The van der Waals surface area contributed by atoms with E-state index in [0.717, 1.165) is 22.6 Å². The molecule has 0 unspecified atom stereocenters. The highest BCUT2D eigenvalue weighted by molar-refractivity contribution is 6.33. The molecular formula is C24H18N2O4. The zero-order valence-corrected chi connectivity index (χ0v) is 16.2. The summed E-state index contributed by atoms with van der Waals surface area (Å²) < 4.78 is 16.0. The summed E-state index contributed by atoms with van der Waals surface area (Å²) in [6.07, 6.45) is 1.76. The number of amidine groups is 1. The normalized spacial score (nSPS) is 16.2. The van der Waals surface area contributed by atoms with Crippen LogP contribution in [0.4, 0.5) is 5.69 Å². The van der Waals surface area contributed by atoms with E-state index < -0.39 is 0 Å². The zero-order valence-electron chi connectivity index (χ0n) is 16.2. The summed E-state index contributed by atoms with van der Waals surface area (Å²) in [6.45, 7) is 0.204. The van der Waals surface area contributed by atoms with Crippen molar-refractivity contribution in [3.05, 3.63) is 89.6 Å². The first-order valence-electron chi connectivity index (χ1n) is 9.47. The predicted octanol–water partition coefficient (Wildman–Crippen LogP) is 4.26. The Balaban J connectivity index is 1.58. The SMILES string of the molecule is COc1ccc(C2=N/C(=C/c3ccc4c(c3)OCO4)C(=O)N2c2ccccc2)cc1. The molecular weight excluding hydrogens is 380 g/mol. The molecule has 0 atom stereocenters. The van der Waals surface area contributed by atoms with Gasteiger partial charge in [0, 0.05) is 5.56 Å². The lowest BCUT2D eigenvalue weighted by atomic mass is 10.1. The molecule has 0 bridgehead atoms. The second-order valence-corrected chi connectivity index (χ2v) is 6.78. The molecule has 0 spiro atoms. The second-order valence-electron chi connectivity index (χ2n) is 6.78. The summed E-state index contributed by atoms with van der Waals surface area (Å²) in [5.41, 5.74) is 2.74. The fraction of sp³-hybridized carbons (Fsp3) is 0.0833. The highest BCUT2D eigenvalue weighted by atomic mass is 16.7. The van der Waals surface area contributed by atoms with Crippen LogP contribution in [0.2, 0.25) is 0 Å². The number of carbonyl (C=O) groups is 1. The van der Waals surface area contributed by atoms with Crippen molar-refractivity contribution >= 4 is 23.5 Å². The Kier molecular flexibility index (Phi) is 4.44. The highest BCUT2D eigenvalue weighted by Crippen LogP contribution is 2.34. The van der Waals surface area contributed by atoms with Gasteiger partial charge in [-0.3, -0.25) is 9.69 Å². The number of nitrogens with zero attached hydrogens (tertiary/aromatic N) is 2. The minimum atomic E-state index is -0.190. The molecule has 30 heavy (non-hydrogen) atoms. The topological polar surface area (TPSA) is 60.4 Å². The average molecular weight is 398 g/mol. The number of methoxy groups -OCH3 is 1. The van der Waals surface area contributed by atoms with Gasteiger partial charge in [0.25, 0.3) is 5.91 Å². The smallest absolute Gasteiger partial charge is 0.282 e. The van der Waals surface area contributed by atoms with Crippen molar-refractivity contribution in [2.45, 2.75) is 0 Å². The molecule has 148 valence electrons. The van der Waals surface area contributed by atoms with Gasteiger partial charge in [-0.05, 0) is 60.2 Å². The first-order chi connectivity index (χ1) is 14.7. The van der Waals surface area contributed by atoms with Crippen LogP contribution in [0.15, 0.2) is 83.5 Å². The monoisotopic (exact) mass is 398 g/mol. The van der Waals surface area contributed by atoms with E-state index in [1.807, 2.05) is 72.8 Å². The quantitative estimate of drug-likeness (QED) is 0.616. The number of rotatable bonds is 4. The fourth-order valence-corrected chi connectivity index (χ4v) is 3.43. The number of aliphatic imine (C=N–C) groups is 1. The Labute approximate surface area is 173 Å². The third kappa shape index (κ3) is 3.18. The maximum Gasteiger partial charge on any atom is 0.282 e. The maximum atomic E-state index is 13.3. The Hall–Kier alpha value is -4.06. The molecule has 0 aliphatic carbocycles. The van der Waals surface area contributed by atoms with Crippen LogP contribution in [0.1, 0.15) is 11.1 Å². The van der Waals surface area contributed by atoms with Crippen molar-refractivity contribution < 1.29 is 19.0 Å². The number of fused-ring (bicyclic) bond motifs is 1. The first kappa shape index (κ1) is 18.0. The van der Waals surface area contributed by atoms with Crippen molar-refractivity contribution in [1.29, 1.82) is 0 Å². The lowest BCUT2D eigenvalue weighted by molar-refractivity contribution is -0.113. The van der Waals surface area contributed by atoms with Gasteiger partial charge in [-0.25, -0.2) is 4.99 Å². The van der Waals surface area contributed by atoms with Gasteiger partial charge in [-0.15, -0.1) is 0 Å². The Morgan fingerprint density at radius 3 is 2.50 bits per heavy atom. The summed E-state index contributed by atoms with van der Waals surface area (Å²) in [6, 6.07) is 22.5. The van der Waals surface area contributed by atoms with Gasteiger partial charge in [0.1, 0.15) is 17.3 Å². The van der Waals surface area contributed by atoms with Gasteiger partial charge >= 0.3 is 0 Å². The molecule has 2 heterocycles. The summed E-state index contributed by atoms with van der Waals surface area (Å²) in [7, 11) is 1.62. The Morgan fingerprint density at radius 2 is 1.73 bits per heavy atom. The molecule has 1 amide bonds. The van der Waals surface area contributed by atoms with E-state index in [0.29, 0.717) is 23.0 Å². The maximum absolute atomic E-state index is 13.3. The molecule has 0 fully saturated rings. The summed E-state index contributed by atoms with van der Waals surface area (Å²) in [5, 5.41) is 0. The van der Waals surface area contributed by atoms with Gasteiger partial charge in [0.15, 0.2) is 11.5 Å². The number of hydrogen-bond acceptors (Lipinski definition) is 5. The molecule has 2 aliphatic rings. The van der Waals surface area contributed by atoms with Crippen molar-refractivity contribution in [2.75, 3.05) is 18.8 Å². The zero-order chi connectivity index (χ0) is 20.5. The predicted molar refractivity (Wildman–Crippen MR) is 114 cm³/mol. The van der Waals surface area contributed by atoms with E-state index >= 15 is 0 Å². The van der Waals surface area contributed by atoms with Gasteiger partial charge in [-0.2, -0.15) is 0 Å². The van der Waals surface area contributed by atoms with Crippen molar-refractivity contribution in [1.82, 2.24) is 0 Å². The third-order valence-corrected chi connectivity index (χ3v) is 4.92. The third-order valence-electron chi connectivity index (χ3n) is 4.92. The summed E-state index contributed by atoms with van der Waals surface area (Å²) in [5.74, 6) is 2.48. The second kappa shape index (κ2) is 7.40. The van der Waals surface area contributed by atoms with Gasteiger partial charge in [0.05, 0.1) is 12.8 Å². The molecule has 3 aromatic carbocycles. The molecule has 2 aliphatic heterocycles. The van der Waals surface area contributed by atoms with E-state index in [-0.39, 0.29) is 12.7 Å². The van der Waals surface area contributed by atoms with Gasteiger partial charge in [0.2, 0.25) is 6.79 Å². The van der Waals surface area contributed by atoms with Crippen LogP contribution < -0.4 is 19.1 Å². The van der Waals surface area contributed by atoms with Crippen LogP contribution in [0, 0.1) is 0 Å². The molecule has 0 aromatic heterocycles. The molecule has 6 nitrogen and oxygen atoms in total. The van der Waals surface area contributed by atoms with Crippen LogP contribution >= 0.6 is 0 Å². The first-order valence-corrected chi connectivity index (χ1v) is 9.47. The lowest BCUT2D eigenvalue weighted by Crippen LogP contribution is -2.32. The number of anilines is 1. The van der Waals surface area contributed by atoms with E-state index in [1.54, 1.807) is 18.1 Å². The van der Waals surface area contributed by atoms with Gasteiger partial charge in [-0.1, -0.05) is 24.3 Å². The van der Waals surface area contributed by atoms with Crippen molar-refractivity contribution in [3.63, 3.8) is 0 Å². The minimum Gasteiger partial charge on any atom is -0.497 e. The number of hydrogen-bond donors (Lipinski definition) is 0. The Morgan fingerprint density at radius 1 is 0.967 bits per heavy atom. The fourth-order valence-electron chi connectivity index (χ4n) is 3.43. The van der Waals surface area contributed by atoms with Crippen LogP contribution in [-0.4, -0.2) is 25.6 Å². The van der Waals surface area contributed by atoms with Crippen LogP contribution in [-0.2, 0) is 4.79 Å². The Bertz CT molecular complexity index is 1170. The average Bonchev–Trinajstić information content (AvgIpc) is 3.39. The lowest BCUT2D eigenvalue weighted by Gasteiger charge is -2.18. The van der Waals surface area contributed by atoms with E-state index in [9.17, 15) is 4.79 Å². The largest absolute Gasteiger partial charge is 0.497 e. The molecule has 0 saturated carbocycles. The summed E-state index contributed by atoms with van der Waals surface area (Å²) >= 11 is 0.